The molecule has 0 aliphatic carbocycles. The normalized spacial score (nSPS) is 19.2. The number of carbonyl (C=O) groups excluding carboxylic acids is 3. The Balaban J connectivity index is 2.41. The van der Waals surface area contributed by atoms with Crippen molar-refractivity contribution in [1.29, 1.82) is 0 Å². The van der Waals surface area contributed by atoms with Gasteiger partial charge in [0.15, 0.2) is 0 Å². The van der Waals surface area contributed by atoms with E-state index in [1.165, 1.54) is 12.1 Å². The van der Waals surface area contributed by atoms with Gasteiger partial charge in [0.2, 0.25) is 11.8 Å². The number of hydrogen-bond acceptors (Lipinski definition) is 3. The fourth-order valence-electron chi connectivity index (χ4n) is 2.18. The molecule has 1 saturated heterocycles. The summed E-state index contributed by atoms with van der Waals surface area (Å²) >= 11 is 0. The summed E-state index contributed by atoms with van der Waals surface area (Å²) < 4.78 is 13.9. The molecule has 1 atom stereocenters. The molecule has 0 aromatic heterocycles. The van der Waals surface area contributed by atoms with Crippen LogP contribution in [0.2, 0.25) is 0 Å². The second kappa shape index (κ2) is 5.40. The molecular weight excluding hydrogens is 263 g/mol. The highest BCUT2D eigenvalue weighted by molar-refractivity contribution is 6.27. The molecule has 6 heteroatoms. The zero-order valence-corrected chi connectivity index (χ0v) is 11.3. The molecule has 106 valence electrons. The molecule has 1 aromatic carbocycles. The lowest BCUT2D eigenvalue weighted by atomic mass is 9.98. The molecular formula is C14H15FN2O3. The van der Waals surface area contributed by atoms with Crippen molar-refractivity contribution in [2.24, 2.45) is 5.92 Å². The lowest BCUT2D eigenvalue weighted by Crippen LogP contribution is -2.58. The molecule has 20 heavy (non-hydrogen) atoms. The Bertz CT molecular complexity index is 586. The molecule has 1 aliphatic heterocycles. The Hall–Kier alpha value is -2.24. The van der Waals surface area contributed by atoms with Crippen molar-refractivity contribution in [3.63, 3.8) is 0 Å². The summed E-state index contributed by atoms with van der Waals surface area (Å²) in [7, 11) is 0. The first-order chi connectivity index (χ1) is 9.45. The van der Waals surface area contributed by atoms with Crippen LogP contribution in [0.5, 0.6) is 0 Å². The fraction of sp³-hybridized carbons (Fsp3) is 0.357. The molecule has 0 spiro atoms. The van der Waals surface area contributed by atoms with Gasteiger partial charge in [0.25, 0.3) is 0 Å². The molecule has 1 N–H and O–H groups in total. The maximum atomic E-state index is 13.9. The summed E-state index contributed by atoms with van der Waals surface area (Å²) in [5.74, 6) is -2.91. The van der Waals surface area contributed by atoms with Crippen LogP contribution in [0.3, 0.4) is 0 Å². The second-order valence-corrected chi connectivity index (χ2v) is 4.76. The van der Waals surface area contributed by atoms with Crippen molar-refractivity contribution in [2.75, 3.05) is 4.90 Å². The lowest BCUT2D eigenvalue weighted by molar-refractivity contribution is -0.134. The van der Waals surface area contributed by atoms with Crippen molar-refractivity contribution in [3.05, 3.63) is 29.6 Å². The summed E-state index contributed by atoms with van der Waals surface area (Å²) in [6.07, 6.45) is 0.935. The van der Waals surface area contributed by atoms with Gasteiger partial charge in [0.05, 0.1) is 5.69 Å². The Morgan fingerprint density at radius 1 is 1.30 bits per heavy atom. The summed E-state index contributed by atoms with van der Waals surface area (Å²) in [5.41, 5.74) is 0.545. The van der Waals surface area contributed by atoms with Crippen molar-refractivity contribution in [1.82, 2.24) is 5.32 Å². The standard InChI is InChI=1S/C14H15FN2O3/c1-3-4-9-12(18)16-14(20)17(13(9)19)11-6-5-8(2)7-10(11)15/h5-7,9H,3-4H2,1-2H3,(H,16,18,20). The number of aryl methyl sites for hydroxylation is 1. The molecule has 1 aromatic rings. The van der Waals surface area contributed by atoms with Crippen molar-refractivity contribution in [2.45, 2.75) is 26.7 Å². The number of carbonyl (C=O) groups is 3. The molecule has 0 bridgehead atoms. The first-order valence-electron chi connectivity index (χ1n) is 6.40. The number of nitrogens with zero attached hydrogens (tertiary/aromatic N) is 1. The van der Waals surface area contributed by atoms with Gasteiger partial charge < -0.3 is 0 Å². The van der Waals surface area contributed by atoms with Gasteiger partial charge in [-0.25, -0.2) is 14.1 Å². The number of imide groups is 2. The monoisotopic (exact) mass is 278 g/mol. The topological polar surface area (TPSA) is 66.5 Å². The van der Waals surface area contributed by atoms with Crippen LogP contribution in [0.15, 0.2) is 18.2 Å². The Labute approximate surface area is 115 Å². The molecule has 1 heterocycles. The van der Waals surface area contributed by atoms with Crippen LogP contribution in [0.4, 0.5) is 14.9 Å². The van der Waals surface area contributed by atoms with Gasteiger partial charge in [-0.2, -0.15) is 0 Å². The highest BCUT2D eigenvalue weighted by atomic mass is 19.1. The van der Waals surface area contributed by atoms with E-state index < -0.39 is 29.6 Å². The SMILES string of the molecule is CCCC1C(=O)NC(=O)N(c2ccc(C)cc2F)C1=O. The third kappa shape index (κ3) is 2.41. The van der Waals surface area contributed by atoms with Crippen LogP contribution in [0, 0.1) is 18.7 Å². The maximum Gasteiger partial charge on any atom is 0.335 e. The number of amides is 4. The number of anilines is 1. The summed E-state index contributed by atoms with van der Waals surface area (Å²) in [5, 5.41) is 2.10. The minimum atomic E-state index is -0.946. The van der Waals surface area contributed by atoms with E-state index in [9.17, 15) is 18.8 Å². The van der Waals surface area contributed by atoms with Gasteiger partial charge >= 0.3 is 6.03 Å². The van der Waals surface area contributed by atoms with E-state index in [4.69, 9.17) is 0 Å². The zero-order chi connectivity index (χ0) is 14.9. The molecule has 1 aliphatic rings. The smallest absolute Gasteiger partial charge is 0.277 e. The molecule has 2 rings (SSSR count). The highest BCUT2D eigenvalue weighted by Gasteiger charge is 2.41. The summed E-state index contributed by atoms with van der Waals surface area (Å²) in [4.78, 5) is 36.4. The largest absolute Gasteiger partial charge is 0.335 e. The predicted molar refractivity (Wildman–Crippen MR) is 70.6 cm³/mol. The van der Waals surface area contributed by atoms with Gasteiger partial charge in [0, 0.05) is 0 Å². The average Bonchev–Trinajstić information content (AvgIpc) is 2.37. The van der Waals surface area contributed by atoms with Crippen LogP contribution >= 0.6 is 0 Å². The molecule has 1 fully saturated rings. The molecule has 0 radical (unpaired) electrons. The van der Waals surface area contributed by atoms with Gasteiger partial charge in [-0.1, -0.05) is 19.4 Å². The van der Waals surface area contributed by atoms with Crippen molar-refractivity contribution >= 4 is 23.5 Å². The lowest BCUT2D eigenvalue weighted by Gasteiger charge is -2.30. The zero-order valence-electron chi connectivity index (χ0n) is 11.3. The van der Waals surface area contributed by atoms with E-state index in [0.717, 1.165) is 0 Å². The van der Waals surface area contributed by atoms with Gasteiger partial charge in [-0.05, 0) is 31.0 Å². The Morgan fingerprint density at radius 3 is 2.60 bits per heavy atom. The Morgan fingerprint density at radius 2 is 2.00 bits per heavy atom. The summed E-state index contributed by atoms with van der Waals surface area (Å²) in [6.45, 7) is 3.53. The number of nitrogens with one attached hydrogen (secondary N) is 1. The third-order valence-corrected chi connectivity index (χ3v) is 3.19. The van der Waals surface area contributed by atoms with E-state index in [0.29, 0.717) is 23.3 Å². The Kier molecular flexibility index (Phi) is 3.83. The number of hydrogen-bond donors (Lipinski definition) is 1. The quantitative estimate of drug-likeness (QED) is 0.861. The minimum absolute atomic E-state index is 0.133. The molecule has 4 amide bonds. The fourth-order valence-corrected chi connectivity index (χ4v) is 2.18. The van der Waals surface area contributed by atoms with Crippen LogP contribution in [-0.2, 0) is 9.59 Å². The number of urea groups is 1. The number of halogens is 1. The van der Waals surface area contributed by atoms with Crippen molar-refractivity contribution < 1.29 is 18.8 Å². The van der Waals surface area contributed by atoms with Gasteiger partial charge in [-0.15, -0.1) is 0 Å². The van der Waals surface area contributed by atoms with E-state index >= 15 is 0 Å². The van der Waals surface area contributed by atoms with Crippen LogP contribution in [0.25, 0.3) is 0 Å². The molecule has 0 saturated carbocycles. The van der Waals surface area contributed by atoms with Crippen LogP contribution in [0.1, 0.15) is 25.3 Å². The minimum Gasteiger partial charge on any atom is -0.277 e. The van der Waals surface area contributed by atoms with E-state index in [1.807, 2.05) is 6.92 Å². The van der Waals surface area contributed by atoms with E-state index in [-0.39, 0.29) is 5.69 Å². The summed E-state index contributed by atoms with van der Waals surface area (Å²) in [6, 6.07) is 3.29. The second-order valence-electron chi connectivity index (χ2n) is 4.76. The molecule has 1 unspecified atom stereocenters. The third-order valence-electron chi connectivity index (χ3n) is 3.19. The van der Waals surface area contributed by atoms with Crippen LogP contribution in [-0.4, -0.2) is 17.8 Å². The first-order valence-corrected chi connectivity index (χ1v) is 6.40. The number of benzene rings is 1. The average molecular weight is 278 g/mol. The number of barbiturate groups is 1. The maximum absolute atomic E-state index is 13.9. The number of rotatable bonds is 3. The van der Waals surface area contributed by atoms with Gasteiger partial charge in [-0.3, -0.25) is 14.9 Å². The van der Waals surface area contributed by atoms with E-state index in [1.54, 1.807) is 13.0 Å². The highest BCUT2D eigenvalue weighted by Crippen LogP contribution is 2.26. The first kappa shape index (κ1) is 14.2. The predicted octanol–water partition coefficient (Wildman–Crippen LogP) is 2.13. The van der Waals surface area contributed by atoms with Gasteiger partial charge in [0.1, 0.15) is 11.7 Å². The van der Waals surface area contributed by atoms with Crippen molar-refractivity contribution in [3.8, 4) is 0 Å². The van der Waals surface area contributed by atoms with E-state index in [2.05, 4.69) is 5.32 Å². The molecule has 5 nitrogen and oxygen atoms in total. The van der Waals surface area contributed by atoms with Crippen LogP contribution < -0.4 is 10.2 Å².